The molecule has 0 atom stereocenters. The summed E-state index contributed by atoms with van der Waals surface area (Å²) >= 11 is 0. The van der Waals surface area contributed by atoms with E-state index in [1.807, 2.05) is 42.5 Å². The molecule has 0 N–H and O–H groups in total. The fourth-order valence-electron chi connectivity index (χ4n) is 2.78. The van der Waals surface area contributed by atoms with Crippen LogP contribution in [0.4, 0.5) is 0 Å². The molecule has 2 nitrogen and oxygen atoms in total. The maximum Gasteiger partial charge on any atom is 0.234 e. The van der Waals surface area contributed by atoms with E-state index in [2.05, 4.69) is 0 Å². The summed E-state index contributed by atoms with van der Waals surface area (Å²) in [6, 6.07) is 15.3. The molecule has 84 valence electrons. The number of carbonyl (C=O) groups is 2. The number of fused-ring (bicyclic) bond motifs is 2. The molecule has 0 aromatic heterocycles. The predicted octanol–water partition coefficient (Wildman–Crippen LogP) is 3.37. The van der Waals surface area contributed by atoms with E-state index in [0.717, 1.165) is 21.5 Å². The van der Waals surface area contributed by atoms with Crippen molar-refractivity contribution in [2.24, 2.45) is 0 Å². The quantitative estimate of drug-likeness (QED) is 0.440. The van der Waals surface area contributed by atoms with Gasteiger partial charge in [-0.2, -0.15) is 0 Å². The maximum absolute atomic E-state index is 12.0. The zero-order chi connectivity index (χ0) is 12.3. The van der Waals surface area contributed by atoms with Crippen molar-refractivity contribution in [2.45, 2.75) is 0 Å². The summed E-state index contributed by atoms with van der Waals surface area (Å²) < 4.78 is 0. The third-order valence-electron chi connectivity index (χ3n) is 3.58. The van der Waals surface area contributed by atoms with Crippen LogP contribution in [0.2, 0.25) is 0 Å². The van der Waals surface area contributed by atoms with Gasteiger partial charge in [-0.05, 0) is 22.2 Å². The van der Waals surface area contributed by atoms with Crippen molar-refractivity contribution in [3.05, 3.63) is 59.7 Å². The Morgan fingerprint density at radius 1 is 0.667 bits per heavy atom. The van der Waals surface area contributed by atoms with Gasteiger partial charge in [0, 0.05) is 16.5 Å². The lowest BCUT2D eigenvalue weighted by atomic mass is 9.98. The minimum Gasteiger partial charge on any atom is -0.285 e. The van der Waals surface area contributed by atoms with Crippen molar-refractivity contribution in [1.82, 2.24) is 0 Å². The Morgan fingerprint density at radius 3 is 2.28 bits per heavy atom. The fraction of sp³-hybridized carbons (Fsp3) is 0. The molecule has 1 aliphatic carbocycles. The van der Waals surface area contributed by atoms with Crippen LogP contribution < -0.4 is 0 Å². The summed E-state index contributed by atoms with van der Waals surface area (Å²) in [5.74, 6) is -0.766. The van der Waals surface area contributed by atoms with Gasteiger partial charge in [-0.15, -0.1) is 0 Å². The van der Waals surface area contributed by atoms with E-state index >= 15 is 0 Å². The number of ketones is 2. The fourth-order valence-corrected chi connectivity index (χ4v) is 2.78. The van der Waals surface area contributed by atoms with Crippen LogP contribution >= 0.6 is 0 Å². The molecule has 0 bridgehead atoms. The summed E-state index contributed by atoms with van der Waals surface area (Å²) in [6.07, 6.45) is 0. The van der Waals surface area contributed by atoms with Crippen molar-refractivity contribution in [3.63, 3.8) is 0 Å². The lowest BCUT2D eigenvalue weighted by Gasteiger charge is -2.05. The summed E-state index contributed by atoms with van der Waals surface area (Å²) in [5.41, 5.74) is 1.09. The molecule has 0 unspecified atom stereocenters. The topological polar surface area (TPSA) is 34.1 Å². The average molecular weight is 232 g/mol. The Labute approximate surface area is 103 Å². The molecular formula is C16H8O2. The minimum absolute atomic E-state index is 0.382. The molecule has 1 aliphatic rings. The Hall–Kier alpha value is -2.48. The van der Waals surface area contributed by atoms with Gasteiger partial charge in [-0.1, -0.05) is 42.5 Å². The Morgan fingerprint density at radius 2 is 1.39 bits per heavy atom. The highest BCUT2D eigenvalue weighted by Gasteiger charge is 2.31. The van der Waals surface area contributed by atoms with E-state index in [1.54, 1.807) is 6.07 Å². The Balaban J connectivity index is 2.37. The van der Waals surface area contributed by atoms with E-state index in [0.29, 0.717) is 11.1 Å². The number of hydrogen-bond acceptors (Lipinski definition) is 2. The third-order valence-corrected chi connectivity index (χ3v) is 3.58. The molecule has 2 heteroatoms. The van der Waals surface area contributed by atoms with E-state index in [-0.39, 0.29) is 11.6 Å². The summed E-state index contributed by atoms with van der Waals surface area (Å²) in [5, 5.41) is 3.88. The highest BCUT2D eigenvalue weighted by molar-refractivity contribution is 6.58. The molecular weight excluding hydrogens is 224 g/mol. The second-order valence-corrected chi connectivity index (χ2v) is 4.53. The number of Topliss-reactive ketones (excluding diaryl/α,β-unsaturated/α-hetero) is 2. The molecule has 4 rings (SSSR count). The second-order valence-electron chi connectivity index (χ2n) is 4.53. The highest BCUT2D eigenvalue weighted by atomic mass is 16.2. The van der Waals surface area contributed by atoms with Gasteiger partial charge in [0.25, 0.3) is 0 Å². The monoisotopic (exact) mass is 232 g/mol. The number of carbonyl (C=O) groups excluding carboxylic acids is 2. The molecule has 0 spiro atoms. The largest absolute Gasteiger partial charge is 0.285 e. The van der Waals surface area contributed by atoms with Gasteiger partial charge in [0.15, 0.2) is 0 Å². The molecule has 0 aliphatic heterocycles. The van der Waals surface area contributed by atoms with Crippen molar-refractivity contribution in [2.75, 3.05) is 0 Å². The van der Waals surface area contributed by atoms with Gasteiger partial charge in [0.05, 0.1) is 0 Å². The average Bonchev–Trinajstić information content (AvgIpc) is 2.66. The first-order chi connectivity index (χ1) is 8.77. The standard InChI is InChI=1S/C16H8O2/c17-15-12-7-3-6-11-10-5-2-1-4-9(10)8-13(14(11)12)16(15)18/h1-8H. The normalized spacial score (nSPS) is 13.8. The maximum atomic E-state index is 12.0. The van der Waals surface area contributed by atoms with Crippen LogP contribution in [-0.4, -0.2) is 11.6 Å². The lowest BCUT2D eigenvalue weighted by molar-refractivity contribution is 0.0825. The van der Waals surface area contributed by atoms with Gasteiger partial charge in [-0.3, -0.25) is 9.59 Å². The number of benzene rings is 3. The van der Waals surface area contributed by atoms with E-state index in [1.165, 1.54) is 0 Å². The zero-order valence-electron chi connectivity index (χ0n) is 9.44. The van der Waals surface area contributed by atoms with Crippen LogP contribution in [0.15, 0.2) is 48.5 Å². The molecule has 0 amide bonds. The Kier molecular flexibility index (Phi) is 1.61. The molecule has 18 heavy (non-hydrogen) atoms. The van der Waals surface area contributed by atoms with E-state index in [4.69, 9.17) is 0 Å². The highest BCUT2D eigenvalue weighted by Crippen LogP contribution is 2.35. The Bertz CT molecular complexity index is 859. The lowest BCUT2D eigenvalue weighted by Crippen LogP contribution is -2.05. The van der Waals surface area contributed by atoms with Crippen LogP contribution in [0, 0.1) is 0 Å². The molecule has 0 radical (unpaired) electrons. The van der Waals surface area contributed by atoms with Gasteiger partial charge >= 0.3 is 0 Å². The molecule has 0 saturated carbocycles. The van der Waals surface area contributed by atoms with Crippen molar-refractivity contribution in [1.29, 1.82) is 0 Å². The first-order valence-electron chi connectivity index (χ1n) is 5.81. The van der Waals surface area contributed by atoms with Crippen LogP contribution in [0.3, 0.4) is 0 Å². The van der Waals surface area contributed by atoms with Crippen LogP contribution in [0.5, 0.6) is 0 Å². The zero-order valence-corrected chi connectivity index (χ0v) is 9.44. The second kappa shape index (κ2) is 3.05. The van der Waals surface area contributed by atoms with E-state index in [9.17, 15) is 9.59 Å². The van der Waals surface area contributed by atoms with Crippen LogP contribution in [0.25, 0.3) is 21.5 Å². The van der Waals surface area contributed by atoms with E-state index < -0.39 is 0 Å². The smallest absolute Gasteiger partial charge is 0.234 e. The molecule has 0 heterocycles. The number of rotatable bonds is 0. The minimum atomic E-state index is -0.383. The molecule has 0 saturated heterocycles. The van der Waals surface area contributed by atoms with Crippen molar-refractivity contribution in [3.8, 4) is 0 Å². The third kappa shape index (κ3) is 0.979. The van der Waals surface area contributed by atoms with Crippen molar-refractivity contribution < 1.29 is 9.59 Å². The predicted molar refractivity (Wildman–Crippen MR) is 70.1 cm³/mol. The van der Waals surface area contributed by atoms with Crippen LogP contribution in [0.1, 0.15) is 20.7 Å². The van der Waals surface area contributed by atoms with Crippen LogP contribution in [-0.2, 0) is 0 Å². The van der Waals surface area contributed by atoms with Gasteiger partial charge in [0.2, 0.25) is 11.6 Å². The molecule has 3 aromatic carbocycles. The summed E-state index contributed by atoms with van der Waals surface area (Å²) in [7, 11) is 0. The SMILES string of the molecule is O=C1C(=O)c2cc3ccccc3c3cccc1c23. The summed E-state index contributed by atoms with van der Waals surface area (Å²) in [4.78, 5) is 23.9. The summed E-state index contributed by atoms with van der Waals surface area (Å²) in [6.45, 7) is 0. The van der Waals surface area contributed by atoms with Gasteiger partial charge in [-0.25, -0.2) is 0 Å². The van der Waals surface area contributed by atoms with Gasteiger partial charge < -0.3 is 0 Å². The molecule has 0 fully saturated rings. The van der Waals surface area contributed by atoms with Gasteiger partial charge in [0.1, 0.15) is 0 Å². The molecule has 3 aromatic rings. The number of hydrogen-bond donors (Lipinski definition) is 0. The first-order valence-corrected chi connectivity index (χ1v) is 5.81. The first kappa shape index (κ1) is 9.54. The van der Waals surface area contributed by atoms with Crippen molar-refractivity contribution >= 4 is 33.1 Å².